The van der Waals surface area contributed by atoms with E-state index in [-0.39, 0.29) is 18.4 Å². The first-order valence-corrected chi connectivity index (χ1v) is 11.2. The number of benzene rings is 2. The average Bonchev–Trinajstić information content (AvgIpc) is 3.41. The molecule has 0 aliphatic heterocycles. The number of imidazole rings is 1. The molecule has 162 valence electrons. The van der Waals surface area contributed by atoms with Gasteiger partial charge in [-0.2, -0.15) is 0 Å². The second-order valence-electron chi connectivity index (χ2n) is 8.59. The lowest BCUT2D eigenvalue weighted by atomic mass is 9.64. The highest BCUT2D eigenvalue weighted by Crippen LogP contribution is 2.49. The first-order chi connectivity index (χ1) is 15.1. The van der Waals surface area contributed by atoms with Crippen molar-refractivity contribution >= 4 is 5.91 Å². The second-order valence-corrected chi connectivity index (χ2v) is 8.59. The van der Waals surface area contributed by atoms with Crippen LogP contribution in [0.2, 0.25) is 0 Å². The number of nitrogens with two attached hydrogens (primary N) is 1. The van der Waals surface area contributed by atoms with Crippen molar-refractivity contribution < 1.29 is 14.5 Å². The fraction of sp³-hybridized carbons (Fsp3) is 0.385. The zero-order chi connectivity index (χ0) is 21.8. The summed E-state index contributed by atoms with van der Waals surface area (Å²) in [5.41, 5.74) is 7.32. The maximum atomic E-state index is 13.2. The van der Waals surface area contributed by atoms with E-state index in [2.05, 4.69) is 28.5 Å². The highest BCUT2D eigenvalue weighted by molar-refractivity contribution is 5.91. The Morgan fingerprint density at radius 3 is 2.26 bits per heavy atom. The van der Waals surface area contributed by atoms with Crippen LogP contribution in [0.1, 0.15) is 48.7 Å². The van der Waals surface area contributed by atoms with E-state index in [1.807, 2.05) is 60.7 Å². The minimum Gasteiger partial charge on any atom is -0.396 e. The van der Waals surface area contributed by atoms with E-state index in [9.17, 15) is 4.79 Å². The van der Waals surface area contributed by atoms with Crippen LogP contribution in [0.15, 0.2) is 73.1 Å². The Hall–Kier alpha value is -2.92. The largest absolute Gasteiger partial charge is 0.396 e. The highest BCUT2D eigenvalue weighted by Gasteiger charge is 2.51. The van der Waals surface area contributed by atoms with Gasteiger partial charge in [0, 0.05) is 20.0 Å². The van der Waals surface area contributed by atoms with E-state index in [1.54, 1.807) is 0 Å². The van der Waals surface area contributed by atoms with Crippen LogP contribution in [0.5, 0.6) is 0 Å². The van der Waals surface area contributed by atoms with Gasteiger partial charge in [0.15, 0.2) is 0 Å². The summed E-state index contributed by atoms with van der Waals surface area (Å²) in [7, 11) is 0. The summed E-state index contributed by atoms with van der Waals surface area (Å²) in [5.74, 6) is 1.02. The van der Waals surface area contributed by atoms with Crippen molar-refractivity contribution in [2.75, 3.05) is 6.61 Å². The molecule has 31 heavy (non-hydrogen) atoms. The third kappa shape index (κ3) is 3.79. The van der Waals surface area contributed by atoms with Crippen LogP contribution in [-0.4, -0.2) is 22.2 Å². The Bertz CT molecular complexity index is 974. The number of primary amides is 1. The summed E-state index contributed by atoms with van der Waals surface area (Å²) in [4.78, 5) is 13.2. The lowest BCUT2D eigenvalue weighted by molar-refractivity contribution is -0.703. The molecule has 1 saturated carbocycles. The molecule has 1 aliphatic carbocycles. The van der Waals surface area contributed by atoms with Gasteiger partial charge in [-0.15, -0.1) is 0 Å². The van der Waals surface area contributed by atoms with Gasteiger partial charge in [-0.3, -0.25) is 4.79 Å². The van der Waals surface area contributed by atoms with Crippen molar-refractivity contribution in [2.45, 2.75) is 50.6 Å². The van der Waals surface area contributed by atoms with Crippen LogP contribution in [-0.2, 0) is 16.8 Å². The number of hydrogen-bond donors (Lipinski definition) is 2. The molecule has 3 aromatic rings. The number of nitrogens with zero attached hydrogens (tertiary/aromatic N) is 2. The van der Waals surface area contributed by atoms with Gasteiger partial charge in [-0.05, 0) is 36.3 Å². The molecule has 3 N–H and O–H groups in total. The van der Waals surface area contributed by atoms with Crippen molar-refractivity contribution in [1.29, 1.82) is 0 Å². The number of carbonyl (C=O) groups excluding carboxylic acids is 1. The third-order valence-electron chi connectivity index (χ3n) is 7.01. The first kappa shape index (κ1) is 21.3. The molecule has 5 heteroatoms. The van der Waals surface area contributed by atoms with Crippen LogP contribution in [0.25, 0.3) is 0 Å². The van der Waals surface area contributed by atoms with Gasteiger partial charge in [-0.25, -0.2) is 9.13 Å². The number of rotatable bonds is 8. The summed E-state index contributed by atoms with van der Waals surface area (Å²) in [6.07, 6.45) is 7.81. The average molecular weight is 419 g/mol. The van der Waals surface area contributed by atoms with E-state index in [0.29, 0.717) is 6.04 Å². The van der Waals surface area contributed by atoms with Gasteiger partial charge < -0.3 is 10.8 Å². The minimum atomic E-state index is -0.842. The lowest BCUT2D eigenvalue weighted by Crippen LogP contribution is -2.47. The number of amides is 1. The minimum absolute atomic E-state index is 0.118. The van der Waals surface area contributed by atoms with Gasteiger partial charge in [0.05, 0.1) is 6.54 Å². The molecule has 5 nitrogen and oxygen atoms in total. The summed E-state index contributed by atoms with van der Waals surface area (Å²) < 4.78 is 4.53. The van der Waals surface area contributed by atoms with Crippen LogP contribution < -0.4 is 10.3 Å². The Kier molecular flexibility index (Phi) is 6.23. The van der Waals surface area contributed by atoms with Gasteiger partial charge in [0.1, 0.15) is 23.9 Å². The number of carbonyl (C=O) groups is 1. The number of hydrogen-bond acceptors (Lipinski definition) is 2. The Morgan fingerprint density at radius 1 is 1.10 bits per heavy atom. The molecule has 0 saturated heterocycles. The van der Waals surface area contributed by atoms with Crippen molar-refractivity contribution in [3.8, 4) is 0 Å². The van der Waals surface area contributed by atoms with Crippen molar-refractivity contribution in [3.63, 3.8) is 0 Å². The van der Waals surface area contributed by atoms with Gasteiger partial charge in [0.2, 0.25) is 5.91 Å². The number of aromatic nitrogens is 2. The molecular formula is C26H32N3O2+. The van der Waals surface area contributed by atoms with Gasteiger partial charge in [0.25, 0.3) is 5.82 Å². The molecule has 1 aliphatic rings. The molecule has 2 atom stereocenters. The van der Waals surface area contributed by atoms with E-state index in [0.717, 1.165) is 43.4 Å². The molecule has 2 aromatic carbocycles. The van der Waals surface area contributed by atoms with Crippen LogP contribution in [0.3, 0.4) is 0 Å². The van der Waals surface area contributed by atoms with E-state index < -0.39 is 5.41 Å². The predicted molar refractivity (Wildman–Crippen MR) is 120 cm³/mol. The lowest BCUT2D eigenvalue weighted by Gasteiger charge is -2.37. The van der Waals surface area contributed by atoms with Gasteiger partial charge in [-0.1, -0.05) is 60.7 Å². The molecule has 1 heterocycles. The number of aryl methyl sites for hydroxylation is 1. The summed E-state index contributed by atoms with van der Waals surface area (Å²) in [6.45, 7) is 3.13. The van der Waals surface area contributed by atoms with Crippen LogP contribution in [0, 0.1) is 12.8 Å². The van der Waals surface area contributed by atoms with Crippen molar-refractivity contribution in [1.82, 2.24) is 4.57 Å². The molecule has 4 rings (SSSR count). The van der Waals surface area contributed by atoms with Crippen molar-refractivity contribution in [2.24, 2.45) is 11.7 Å². The molecule has 0 bridgehead atoms. The van der Waals surface area contributed by atoms with Crippen LogP contribution in [0.4, 0.5) is 0 Å². The highest BCUT2D eigenvalue weighted by atomic mass is 16.3. The molecule has 1 aromatic heterocycles. The Balaban J connectivity index is 1.72. The SMILES string of the molecule is Cc1n([C@H]2CC[C@@H](C(C(N)=O)(c3ccccc3)c3ccccc3)C2)cc[n+]1CCCO. The van der Waals surface area contributed by atoms with Gasteiger partial charge >= 0.3 is 0 Å². The number of aliphatic hydroxyl groups is 1. The first-order valence-electron chi connectivity index (χ1n) is 11.2. The Labute approximate surface area is 184 Å². The van der Waals surface area contributed by atoms with Crippen molar-refractivity contribution in [3.05, 3.63) is 90.0 Å². The number of aliphatic hydroxyl groups excluding tert-OH is 1. The molecule has 0 unspecified atom stereocenters. The van der Waals surface area contributed by atoms with E-state index in [4.69, 9.17) is 10.8 Å². The maximum Gasteiger partial charge on any atom is 0.253 e. The third-order valence-corrected chi connectivity index (χ3v) is 7.01. The fourth-order valence-corrected chi connectivity index (χ4v) is 5.51. The van der Waals surface area contributed by atoms with E-state index >= 15 is 0 Å². The summed E-state index contributed by atoms with van der Waals surface area (Å²) >= 11 is 0. The molecule has 1 fully saturated rings. The standard InChI is InChI=1S/C26H31N3O2/c1-20-28(15-8-18-30)16-17-29(20)24-14-13-23(19-24)26(25(27)31,21-9-4-2-5-10-21)22-11-6-3-7-12-22/h2-7,9-12,16-17,23-24,30H,8,13-15,18-19H2,1H3,(H-,27,31)/p+1/t23-,24+/m1/s1. The zero-order valence-electron chi connectivity index (χ0n) is 18.2. The summed E-state index contributed by atoms with van der Waals surface area (Å²) in [6, 6.07) is 20.4. The molecule has 0 spiro atoms. The molecular weight excluding hydrogens is 386 g/mol. The smallest absolute Gasteiger partial charge is 0.253 e. The van der Waals surface area contributed by atoms with Crippen LogP contribution >= 0.6 is 0 Å². The topological polar surface area (TPSA) is 72.1 Å². The zero-order valence-corrected chi connectivity index (χ0v) is 18.2. The fourth-order valence-electron chi connectivity index (χ4n) is 5.51. The van der Waals surface area contributed by atoms with E-state index in [1.165, 1.54) is 5.82 Å². The summed E-state index contributed by atoms with van der Waals surface area (Å²) in [5, 5.41) is 9.17. The normalized spacial score (nSPS) is 18.9. The molecule has 0 radical (unpaired) electrons. The maximum absolute atomic E-state index is 13.2. The second kappa shape index (κ2) is 9.06. The Morgan fingerprint density at radius 2 is 1.71 bits per heavy atom. The molecule has 1 amide bonds. The predicted octanol–water partition coefficient (Wildman–Crippen LogP) is 3.28. The quantitative estimate of drug-likeness (QED) is 0.551. The monoisotopic (exact) mass is 418 g/mol.